The van der Waals surface area contributed by atoms with E-state index in [1.165, 1.54) is 0 Å². The molecule has 1 fully saturated rings. The van der Waals surface area contributed by atoms with Gasteiger partial charge in [-0.25, -0.2) is 0 Å². The highest BCUT2D eigenvalue weighted by Crippen LogP contribution is 2.38. The highest BCUT2D eigenvalue weighted by Gasteiger charge is 2.33. The number of carbonyl (C=O) groups excluding carboxylic acids is 1. The Morgan fingerprint density at radius 1 is 1.33 bits per heavy atom. The van der Waals surface area contributed by atoms with E-state index in [1.807, 2.05) is 50.3 Å². The third-order valence-corrected chi connectivity index (χ3v) is 5.35. The molecule has 1 N–H and O–H groups in total. The van der Waals surface area contributed by atoms with Gasteiger partial charge in [0.25, 0.3) is 5.91 Å². The number of thioether (sulfide) groups is 1. The van der Waals surface area contributed by atoms with Crippen LogP contribution in [-0.4, -0.2) is 39.3 Å². The molecule has 140 valence electrons. The molecule has 2 heterocycles. The number of carboxylic acids is 1. The lowest BCUT2D eigenvalue weighted by Crippen LogP contribution is -2.33. The first kappa shape index (κ1) is 19.2. The van der Waals surface area contributed by atoms with E-state index in [0.29, 0.717) is 10.8 Å². The van der Waals surface area contributed by atoms with Gasteiger partial charge in [0.15, 0.2) is 5.75 Å². The summed E-state index contributed by atoms with van der Waals surface area (Å²) in [5, 5.41) is 8.89. The number of hydrogen-bond donors (Lipinski definition) is 1. The molecule has 0 unspecified atom stereocenters. The maximum Gasteiger partial charge on any atom is 0.323 e. The molecule has 1 amide bonds. The van der Waals surface area contributed by atoms with Crippen LogP contribution in [0.3, 0.4) is 0 Å². The molecular weight excluding hydrogens is 384 g/mol. The molecule has 3 rings (SSSR count). The summed E-state index contributed by atoms with van der Waals surface area (Å²) in [6.07, 6.45) is 5.41. The van der Waals surface area contributed by atoms with Crippen molar-refractivity contribution in [1.29, 1.82) is 0 Å². The Balaban J connectivity index is 1.78. The lowest BCUT2D eigenvalue weighted by atomic mass is 10.2. The number of carboxylic acid groups (broad SMARTS) is 1. The lowest BCUT2D eigenvalue weighted by molar-refractivity contribution is -0.140. The van der Waals surface area contributed by atoms with Crippen LogP contribution in [0.2, 0.25) is 0 Å². The predicted molar refractivity (Wildman–Crippen MR) is 110 cm³/mol. The number of nitrogens with zero attached hydrogens (tertiary/aromatic N) is 2. The molecule has 0 radical (unpaired) electrons. The fourth-order valence-corrected chi connectivity index (χ4v) is 4.04. The van der Waals surface area contributed by atoms with Crippen LogP contribution in [0.15, 0.2) is 58.9 Å². The number of ether oxygens (including phenoxy) is 1. The molecule has 2 aliphatic rings. The van der Waals surface area contributed by atoms with Crippen LogP contribution < -0.4 is 9.64 Å². The summed E-state index contributed by atoms with van der Waals surface area (Å²) in [6, 6.07) is 7.82. The van der Waals surface area contributed by atoms with Gasteiger partial charge in [-0.3, -0.25) is 14.5 Å². The number of hydrogen-bond acceptors (Lipinski definition) is 6. The highest BCUT2D eigenvalue weighted by molar-refractivity contribution is 8.26. The molecule has 0 bridgehead atoms. The fourth-order valence-electron chi connectivity index (χ4n) is 2.73. The third kappa shape index (κ3) is 4.06. The maximum absolute atomic E-state index is 12.3. The minimum Gasteiger partial charge on any atom is -0.480 e. The predicted octanol–water partition coefficient (Wildman–Crippen LogP) is 3.52. The van der Waals surface area contributed by atoms with Gasteiger partial charge in [0, 0.05) is 6.54 Å². The number of carbonyl (C=O) groups is 2. The van der Waals surface area contributed by atoms with Gasteiger partial charge in [-0.2, -0.15) is 0 Å². The summed E-state index contributed by atoms with van der Waals surface area (Å²) in [7, 11) is 0. The molecule has 2 aliphatic heterocycles. The second-order valence-corrected chi connectivity index (χ2v) is 7.57. The first-order valence-corrected chi connectivity index (χ1v) is 9.53. The number of rotatable bonds is 5. The molecule has 0 spiro atoms. The van der Waals surface area contributed by atoms with Gasteiger partial charge >= 0.3 is 5.97 Å². The van der Waals surface area contributed by atoms with Crippen molar-refractivity contribution in [2.45, 2.75) is 13.8 Å². The Kier molecular flexibility index (Phi) is 5.67. The van der Waals surface area contributed by atoms with Crippen molar-refractivity contribution in [2.75, 3.05) is 18.0 Å². The molecule has 27 heavy (non-hydrogen) atoms. The van der Waals surface area contributed by atoms with E-state index in [1.54, 1.807) is 6.08 Å². The smallest absolute Gasteiger partial charge is 0.323 e. The number of aliphatic carboxylic acids is 1. The largest absolute Gasteiger partial charge is 0.480 e. The van der Waals surface area contributed by atoms with Crippen molar-refractivity contribution in [2.24, 2.45) is 0 Å². The Labute approximate surface area is 166 Å². The van der Waals surface area contributed by atoms with E-state index in [2.05, 4.69) is 4.90 Å². The minimum atomic E-state index is -1.10. The molecule has 6 nitrogen and oxygen atoms in total. The zero-order valence-corrected chi connectivity index (χ0v) is 16.5. The monoisotopic (exact) mass is 402 g/mol. The summed E-state index contributed by atoms with van der Waals surface area (Å²) in [6.45, 7) is 4.25. The van der Waals surface area contributed by atoms with E-state index in [4.69, 9.17) is 22.1 Å². The minimum absolute atomic E-state index is 0.256. The number of benzene rings is 1. The van der Waals surface area contributed by atoms with Crippen molar-refractivity contribution in [3.8, 4) is 5.75 Å². The van der Waals surface area contributed by atoms with Crippen LogP contribution in [0.25, 0.3) is 0 Å². The molecule has 1 saturated heterocycles. The van der Waals surface area contributed by atoms with E-state index in [9.17, 15) is 9.59 Å². The Morgan fingerprint density at radius 3 is 2.78 bits per heavy atom. The van der Waals surface area contributed by atoms with Crippen LogP contribution in [-0.2, 0) is 9.59 Å². The maximum atomic E-state index is 12.3. The average molecular weight is 402 g/mol. The molecule has 8 heteroatoms. The number of allylic oxidation sites excluding steroid dienone is 4. The van der Waals surface area contributed by atoms with Crippen molar-refractivity contribution >= 4 is 45.9 Å². The summed E-state index contributed by atoms with van der Waals surface area (Å²) in [4.78, 5) is 26.7. The summed E-state index contributed by atoms with van der Waals surface area (Å²) in [5.41, 5.74) is 1.85. The van der Waals surface area contributed by atoms with Gasteiger partial charge in [0.2, 0.25) is 5.88 Å². The second-order valence-electron chi connectivity index (χ2n) is 5.89. The fraction of sp³-hybridized carbons (Fsp3) is 0.211. The van der Waals surface area contributed by atoms with Crippen molar-refractivity contribution in [1.82, 2.24) is 4.90 Å². The first-order chi connectivity index (χ1) is 12.9. The lowest BCUT2D eigenvalue weighted by Gasteiger charge is -2.14. The zero-order chi connectivity index (χ0) is 19.6. The van der Waals surface area contributed by atoms with Crippen LogP contribution >= 0.6 is 24.0 Å². The van der Waals surface area contributed by atoms with Gasteiger partial charge in [-0.1, -0.05) is 42.2 Å². The number of fused-ring (bicyclic) bond motifs is 1. The van der Waals surface area contributed by atoms with Crippen LogP contribution in [0.1, 0.15) is 13.8 Å². The molecule has 0 aliphatic carbocycles. The van der Waals surface area contributed by atoms with E-state index < -0.39 is 12.5 Å². The molecule has 0 atom stereocenters. The second kappa shape index (κ2) is 7.98. The normalized spacial score (nSPS) is 19.9. The molecule has 1 aromatic rings. The standard InChI is InChI=1S/C19H18N2O4S2/c1-3-20-13-6-4-5-7-14(13)25-16(20)9-8-12(2)10-15-18(24)21(11-17(22)23)19(26)27-15/h4-10H,3,11H2,1-2H3,(H,22,23)/b12-8+,15-10+,16-9-. The van der Waals surface area contributed by atoms with Crippen molar-refractivity contribution in [3.05, 3.63) is 58.9 Å². The Hall–Kier alpha value is -2.58. The molecular formula is C19H18N2O4S2. The Bertz CT molecular complexity index is 905. The summed E-state index contributed by atoms with van der Waals surface area (Å²) < 4.78 is 6.14. The molecule has 0 saturated carbocycles. The highest BCUT2D eigenvalue weighted by atomic mass is 32.2. The van der Waals surface area contributed by atoms with E-state index in [-0.39, 0.29) is 10.2 Å². The van der Waals surface area contributed by atoms with E-state index >= 15 is 0 Å². The van der Waals surface area contributed by atoms with Crippen LogP contribution in [0.5, 0.6) is 5.75 Å². The van der Waals surface area contributed by atoms with Crippen molar-refractivity contribution < 1.29 is 19.4 Å². The average Bonchev–Trinajstić information content (AvgIpc) is 3.11. The number of thiocarbonyl (C=S) groups is 1. The summed E-state index contributed by atoms with van der Waals surface area (Å²) >= 11 is 6.20. The zero-order valence-electron chi connectivity index (χ0n) is 14.8. The molecule has 1 aromatic carbocycles. The topological polar surface area (TPSA) is 70.1 Å². The van der Waals surface area contributed by atoms with Gasteiger partial charge in [-0.15, -0.1) is 0 Å². The number of anilines is 1. The number of amides is 1. The molecule has 0 aromatic heterocycles. The van der Waals surface area contributed by atoms with Crippen LogP contribution in [0.4, 0.5) is 5.69 Å². The van der Waals surface area contributed by atoms with Crippen LogP contribution in [0, 0.1) is 0 Å². The van der Waals surface area contributed by atoms with E-state index in [0.717, 1.165) is 40.2 Å². The van der Waals surface area contributed by atoms with Gasteiger partial charge < -0.3 is 14.7 Å². The first-order valence-electron chi connectivity index (χ1n) is 8.31. The van der Waals surface area contributed by atoms with Crippen molar-refractivity contribution in [3.63, 3.8) is 0 Å². The quantitative estimate of drug-likeness (QED) is 0.597. The Morgan fingerprint density at radius 2 is 2.07 bits per heavy atom. The SMILES string of the molecule is CCN1/C(=C/C=C(C)/C=C2/SC(=S)N(CC(=O)O)C2=O)Oc2ccccc21. The van der Waals surface area contributed by atoms with Gasteiger partial charge in [0.1, 0.15) is 10.9 Å². The summed E-state index contributed by atoms with van der Waals surface area (Å²) in [5.74, 6) is 0.0470. The van der Waals surface area contributed by atoms with Gasteiger partial charge in [0.05, 0.1) is 10.6 Å². The third-order valence-electron chi connectivity index (χ3n) is 3.97. The van der Waals surface area contributed by atoms with Gasteiger partial charge in [-0.05, 0) is 43.7 Å². The number of para-hydroxylation sites is 2.